The lowest BCUT2D eigenvalue weighted by Gasteiger charge is -2.18. The summed E-state index contributed by atoms with van der Waals surface area (Å²) in [5.41, 5.74) is 1.99. The lowest BCUT2D eigenvalue weighted by Crippen LogP contribution is -2.20. The van der Waals surface area contributed by atoms with E-state index in [4.69, 9.17) is 21.1 Å². The molecule has 0 amide bonds. The van der Waals surface area contributed by atoms with Crippen LogP contribution in [0.15, 0.2) is 28.8 Å². The predicted molar refractivity (Wildman–Crippen MR) is 90.1 cm³/mol. The minimum Gasteiger partial charge on any atom is -0.356 e. The third kappa shape index (κ3) is 2.55. The van der Waals surface area contributed by atoms with Crippen molar-refractivity contribution in [3.63, 3.8) is 0 Å². The second-order valence-corrected chi connectivity index (χ2v) is 6.43. The van der Waals surface area contributed by atoms with Gasteiger partial charge in [0.1, 0.15) is 5.82 Å². The summed E-state index contributed by atoms with van der Waals surface area (Å²) in [6, 6.07) is 8.10. The van der Waals surface area contributed by atoms with Crippen LogP contribution in [0.4, 0.5) is 5.82 Å². The van der Waals surface area contributed by atoms with Crippen molar-refractivity contribution >= 4 is 28.3 Å². The van der Waals surface area contributed by atoms with Gasteiger partial charge in [-0.25, -0.2) is 4.98 Å². The first-order valence-corrected chi connectivity index (χ1v) is 8.10. The van der Waals surface area contributed by atoms with Gasteiger partial charge in [0.25, 0.3) is 0 Å². The highest BCUT2D eigenvalue weighted by Gasteiger charge is 2.29. The van der Waals surface area contributed by atoms with Crippen LogP contribution in [0.5, 0.6) is 0 Å². The van der Waals surface area contributed by atoms with Gasteiger partial charge in [-0.1, -0.05) is 22.8 Å². The Balaban J connectivity index is 1.63. The van der Waals surface area contributed by atoms with Crippen molar-refractivity contribution < 1.29 is 4.52 Å². The number of aryl methyl sites for hydroxylation is 2. The zero-order valence-corrected chi connectivity index (χ0v) is 13.8. The number of rotatable bonds is 2. The molecule has 1 aliphatic heterocycles. The highest BCUT2D eigenvalue weighted by molar-refractivity contribution is 6.32. The van der Waals surface area contributed by atoms with Crippen molar-refractivity contribution in [2.24, 2.45) is 0 Å². The van der Waals surface area contributed by atoms with E-state index >= 15 is 0 Å². The molecule has 1 aromatic carbocycles. The Morgan fingerprint density at radius 3 is 2.78 bits per heavy atom. The lowest BCUT2D eigenvalue weighted by atomic mass is 10.1. The summed E-state index contributed by atoms with van der Waals surface area (Å²) in [6.07, 6.45) is 0.996. The van der Waals surface area contributed by atoms with Crippen LogP contribution in [0.1, 0.15) is 29.6 Å². The van der Waals surface area contributed by atoms with Crippen LogP contribution < -0.4 is 4.90 Å². The second-order valence-electron chi connectivity index (χ2n) is 6.02. The number of nitrogens with zero attached hydrogens (tertiary/aromatic N) is 4. The van der Waals surface area contributed by atoms with Gasteiger partial charge in [0.05, 0.1) is 11.4 Å². The molecule has 0 radical (unpaired) electrons. The highest BCUT2D eigenvalue weighted by atomic mass is 35.5. The quantitative estimate of drug-likeness (QED) is 0.714. The molecular formula is C17H17ClN4O. The molecular weight excluding hydrogens is 312 g/mol. The van der Waals surface area contributed by atoms with Crippen molar-refractivity contribution in [1.29, 1.82) is 0 Å². The Hall–Kier alpha value is -2.14. The van der Waals surface area contributed by atoms with E-state index in [-0.39, 0.29) is 5.92 Å². The van der Waals surface area contributed by atoms with Crippen molar-refractivity contribution in [3.05, 3.63) is 46.6 Å². The number of halogens is 1. The molecule has 4 rings (SSSR count). The number of aromatic nitrogens is 3. The molecule has 0 saturated carbocycles. The number of hydrogen-bond acceptors (Lipinski definition) is 5. The monoisotopic (exact) mass is 328 g/mol. The Labute approximate surface area is 139 Å². The fraction of sp³-hybridized carbons (Fsp3) is 0.353. The van der Waals surface area contributed by atoms with Crippen molar-refractivity contribution in [1.82, 2.24) is 15.1 Å². The Morgan fingerprint density at radius 1 is 1.17 bits per heavy atom. The molecule has 6 heteroatoms. The molecule has 1 fully saturated rings. The van der Waals surface area contributed by atoms with E-state index < -0.39 is 0 Å². The summed E-state index contributed by atoms with van der Waals surface area (Å²) < 4.78 is 5.31. The average Bonchev–Trinajstić information content (AvgIpc) is 3.19. The number of fused-ring (bicyclic) bond motifs is 1. The van der Waals surface area contributed by atoms with Gasteiger partial charge in [0.15, 0.2) is 5.82 Å². The highest BCUT2D eigenvalue weighted by Crippen LogP contribution is 2.31. The molecule has 1 aliphatic rings. The molecule has 0 bridgehead atoms. The van der Waals surface area contributed by atoms with E-state index in [2.05, 4.69) is 27.2 Å². The smallest absolute Gasteiger partial charge is 0.231 e. The molecule has 1 unspecified atom stereocenters. The summed E-state index contributed by atoms with van der Waals surface area (Å²) in [5.74, 6) is 2.66. The number of benzene rings is 1. The van der Waals surface area contributed by atoms with Crippen LogP contribution in [0.25, 0.3) is 10.9 Å². The summed E-state index contributed by atoms with van der Waals surface area (Å²) in [5, 5.41) is 5.75. The summed E-state index contributed by atoms with van der Waals surface area (Å²) in [4.78, 5) is 11.4. The van der Waals surface area contributed by atoms with Gasteiger partial charge >= 0.3 is 0 Å². The first-order valence-electron chi connectivity index (χ1n) is 7.73. The normalized spacial score (nSPS) is 18.0. The molecule has 1 atom stereocenters. The van der Waals surface area contributed by atoms with E-state index in [0.717, 1.165) is 52.7 Å². The Morgan fingerprint density at radius 2 is 2.00 bits per heavy atom. The minimum absolute atomic E-state index is 0.272. The molecule has 118 valence electrons. The summed E-state index contributed by atoms with van der Waals surface area (Å²) in [7, 11) is 0. The molecule has 0 aliphatic carbocycles. The fourth-order valence-electron chi connectivity index (χ4n) is 3.12. The van der Waals surface area contributed by atoms with Crippen LogP contribution in [0, 0.1) is 13.8 Å². The first-order chi connectivity index (χ1) is 11.1. The summed E-state index contributed by atoms with van der Waals surface area (Å²) in [6.45, 7) is 5.64. The van der Waals surface area contributed by atoms with Gasteiger partial charge in [-0.2, -0.15) is 4.98 Å². The third-order valence-electron chi connectivity index (χ3n) is 4.44. The zero-order valence-electron chi connectivity index (χ0n) is 13.1. The standard InChI is InChI=1S/C17H17ClN4O/c1-10-14(18)5-3-12-4-6-15(20-16(10)12)22-8-7-13(9-22)17-19-11(2)21-23-17/h3-6,13H,7-9H2,1-2H3. The van der Waals surface area contributed by atoms with E-state index in [1.807, 2.05) is 26.0 Å². The topological polar surface area (TPSA) is 55.1 Å². The largest absolute Gasteiger partial charge is 0.356 e. The number of pyridine rings is 1. The van der Waals surface area contributed by atoms with Crippen molar-refractivity contribution in [2.75, 3.05) is 18.0 Å². The molecule has 3 heterocycles. The first kappa shape index (κ1) is 14.5. The zero-order chi connectivity index (χ0) is 16.0. The molecule has 1 saturated heterocycles. The predicted octanol–water partition coefficient (Wildman–Crippen LogP) is 3.88. The molecule has 23 heavy (non-hydrogen) atoms. The molecule has 2 aromatic heterocycles. The van der Waals surface area contributed by atoms with E-state index in [1.165, 1.54) is 0 Å². The van der Waals surface area contributed by atoms with Gasteiger partial charge in [-0.15, -0.1) is 0 Å². The third-order valence-corrected chi connectivity index (χ3v) is 4.85. The number of hydrogen-bond donors (Lipinski definition) is 0. The van der Waals surface area contributed by atoms with E-state index in [1.54, 1.807) is 0 Å². The molecule has 5 nitrogen and oxygen atoms in total. The van der Waals surface area contributed by atoms with Gasteiger partial charge in [0, 0.05) is 23.5 Å². The fourth-order valence-corrected chi connectivity index (χ4v) is 3.27. The molecule has 0 N–H and O–H groups in total. The van der Waals surface area contributed by atoms with Crippen molar-refractivity contribution in [2.45, 2.75) is 26.2 Å². The second kappa shape index (κ2) is 5.49. The van der Waals surface area contributed by atoms with Crippen LogP contribution in [0.3, 0.4) is 0 Å². The van der Waals surface area contributed by atoms with Gasteiger partial charge in [0.2, 0.25) is 5.89 Å². The van der Waals surface area contributed by atoms with E-state index in [0.29, 0.717) is 5.82 Å². The number of anilines is 1. The maximum atomic E-state index is 6.22. The Kier molecular flexibility index (Phi) is 3.45. The van der Waals surface area contributed by atoms with Crippen LogP contribution in [0.2, 0.25) is 5.02 Å². The molecule has 3 aromatic rings. The lowest BCUT2D eigenvalue weighted by molar-refractivity contribution is 0.356. The van der Waals surface area contributed by atoms with E-state index in [9.17, 15) is 0 Å². The van der Waals surface area contributed by atoms with Crippen molar-refractivity contribution in [3.8, 4) is 0 Å². The van der Waals surface area contributed by atoms with Gasteiger partial charge in [-0.3, -0.25) is 0 Å². The Bertz CT molecular complexity index is 876. The van der Waals surface area contributed by atoms with Crippen LogP contribution in [-0.4, -0.2) is 28.2 Å². The molecule has 0 spiro atoms. The van der Waals surface area contributed by atoms with Gasteiger partial charge in [-0.05, 0) is 44.0 Å². The minimum atomic E-state index is 0.272. The maximum Gasteiger partial charge on any atom is 0.231 e. The average molecular weight is 329 g/mol. The van der Waals surface area contributed by atoms with Gasteiger partial charge < -0.3 is 9.42 Å². The SMILES string of the molecule is Cc1noc(C2CCN(c3ccc4ccc(Cl)c(C)c4n3)C2)n1. The maximum absolute atomic E-state index is 6.22. The van der Waals surface area contributed by atoms with Crippen LogP contribution in [-0.2, 0) is 0 Å². The van der Waals surface area contributed by atoms with Crippen LogP contribution >= 0.6 is 11.6 Å². The summed E-state index contributed by atoms with van der Waals surface area (Å²) >= 11 is 6.22.